The van der Waals surface area contributed by atoms with Gasteiger partial charge in [-0.05, 0) is 60.2 Å². The molecule has 128 valence electrons. The maximum atomic E-state index is 5.22. The lowest BCUT2D eigenvalue weighted by Gasteiger charge is -2.18. The van der Waals surface area contributed by atoms with Gasteiger partial charge in [-0.2, -0.15) is 0 Å². The summed E-state index contributed by atoms with van der Waals surface area (Å²) < 4.78 is 5.22. The van der Waals surface area contributed by atoms with Crippen LogP contribution >= 0.6 is 0 Å². The molecular weight excluding hydrogens is 306 g/mol. The number of unbranched alkanes of at least 4 members (excludes halogenated alkanes) is 1. The van der Waals surface area contributed by atoms with Gasteiger partial charge in [-0.3, -0.25) is 4.98 Å². The largest absolute Gasteiger partial charge is 0.497 e. The summed E-state index contributed by atoms with van der Waals surface area (Å²) >= 11 is 0. The third kappa shape index (κ3) is 4.93. The molecule has 1 aromatic heterocycles. The SMILES string of the molecule is COc1ccc(CCCCC(c2ccccc2)c2ccncc2)cc1. The fourth-order valence-electron chi connectivity index (χ4n) is 3.28. The average molecular weight is 331 g/mol. The van der Waals surface area contributed by atoms with Crippen molar-refractivity contribution in [1.82, 2.24) is 4.98 Å². The summed E-state index contributed by atoms with van der Waals surface area (Å²) in [5, 5.41) is 0. The van der Waals surface area contributed by atoms with E-state index in [1.807, 2.05) is 24.5 Å². The fraction of sp³-hybridized carbons (Fsp3) is 0.261. The van der Waals surface area contributed by atoms with E-state index >= 15 is 0 Å². The van der Waals surface area contributed by atoms with Crippen LogP contribution in [0, 0.1) is 0 Å². The lowest BCUT2D eigenvalue weighted by molar-refractivity contribution is 0.414. The van der Waals surface area contributed by atoms with Gasteiger partial charge in [-0.1, -0.05) is 48.9 Å². The van der Waals surface area contributed by atoms with Crippen LogP contribution < -0.4 is 4.74 Å². The van der Waals surface area contributed by atoms with Gasteiger partial charge in [0.2, 0.25) is 0 Å². The van der Waals surface area contributed by atoms with E-state index in [1.165, 1.54) is 29.5 Å². The van der Waals surface area contributed by atoms with Crippen molar-refractivity contribution >= 4 is 0 Å². The van der Waals surface area contributed by atoms with Crippen LogP contribution in [0.25, 0.3) is 0 Å². The average Bonchev–Trinajstić information content (AvgIpc) is 2.70. The predicted molar refractivity (Wildman–Crippen MR) is 103 cm³/mol. The molecule has 1 unspecified atom stereocenters. The van der Waals surface area contributed by atoms with Crippen LogP contribution in [0.3, 0.4) is 0 Å². The van der Waals surface area contributed by atoms with Gasteiger partial charge in [-0.15, -0.1) is 0 Å². The van der Waals surface area contributed by atoms with Gasteiger partial charge in [0, 0.05) is 18.3 Å². The third-order valence-electron chi connectivity index (χ3n) is 4.68. The molecule has 0 aliphatic rings. The second-order valence-electron chi connectivity index (χ2n) is 6.34. The second kappa shape index (κ2) is 9.03. The number of methoxy groups -OCH3 is 1. The molecule has 3 rings (SSSR count). The highest BCUT2D eigenvalue weighted by Gasteiger charge is 2.13. The number of pyridine rings is 1. The van der Waals surface area contributed by atoms with Crippen LogP contribution in [0.1, 0.15) is 41.9 Å². The molecule has 2 aromatic carbocycles. The minimum Gasteiger partial charge on any atom is -0.497 e. The summed E-state index contributed by atoms with van der Waals surface area (Å²) in [7, 11) is 1.71. The number of hydrogen-bond donors (Lipinski definition) is 0. The quantitative estimate of drug-likeness (QED) is 0.499. The van der Waals surface area contributed by atoms with Gasteiger partial charge >= 0.3 is 0 Å². The highest BCUT2D eigenvalue weighted by molar-refractivity contribution is 5.31. The summed E-state index contributed by atoms with van der Waals surface area (Å²) in [6.45, 7) is 0. The molecule has 0 spiro atoms. The molecule has 0 fully saturated rings. The van der Waals surface area contributed by atoms with E-state index in [0.29, 0.717) is 5.92 Å². The van der Waals surface area contributed by atoms with Crippen LogP contribution in [0.5, 0.6) is 5.75 Å². The number of nitrogens with zero attached hydrogens (tertiary/aromatic N) is 1. The molecule has 0 saturated heterocycles. The molecule has 1 heterocycles. The lowest BCUT2D eigenvalue weighted by Crippen LogP contribution is -2.02. The highest BCUT2D eigenvalue weighted by Crippen LogP contribution is 2.29. The van der Waals surface area contributed by atoms with Gasteiger partial charge in [0.15, 0.2) is 0 Å². The molecule has 0 amide bonds. The maximum absolute atomic E-state index is 5.22. The van der Waals surface area contributed by atoms with Crippen molar-refractivity contribution in [3.63, 3.8) is 0 Å². The van der Waals surface area contributed by atoms with Crippen molar-refractivity contribution in [2.24, 2.45) is 0 Å². The summed E-state index contributed by atoms with van der Waals surface area (Å²) in [4.78, 5) is 4.16. The van der Waals surface area contributed by atoms with Crippen LogP contribution in [-0.4, -0.2) is 12.1 Å². The summed E-state index contributed by atoms with van der Waals surface area (Å²) in [5.74, 6) is 1.37. The predicted octanol–water partition coefficient (Wildman–Crippen LogP) is 5.64. The molecular formula is C23H25NO. The molecule has 0 bridgehead atoms. The first-order valence-corrected chi connectivity index (χ1v) is 8.94. The normalized spacial score (nSPS) is 11.9. The maximum Gasteiger partial charge on any atom is 0.118 e. The molecule has 2 heteroatoms. The van der Waals surface area contributed by atoms with Crippen molar-refractivity contribution in [1.29, 1.82) is 0 Å². The molecule has 0 saturated carbocycles. The van der Waals surface area contributed by atoms with E-state index in [9.17, 15) is 0 Å². The van der Waals surface area contributed by atoms with Gasteiger partial charge < -0.3 is 4.74 Å². The zero-order chi connectivity index (χ0) is 17.3. The molecule has 1 atom stereocenters. The van der Waals surface area contributed by atoms with Crippen LogP contribution in [0.4, 0.5) is 0 Å². The topological polar surface area (TPSA) is 22.1 Å². The third-order valence-corrected chi connectivity index (χ3v) is 4.68. The number of aromatic nitrogens is 1. The number of aryl methyl sites for hydroxylation is 1. The number of rotatable bonds is 8. The Morgan fingerprint density at radius 2 is 1.48 bits per heavy atom. The van der Waals surface area contributed by atoms with Crippen molar-refractivity contribution < 1.29 is 4.74 Å². The Hall–Kier alpha value is -2.61. The Kier molecular flexibility index (Phi) is 6.22. The molecule has 3 aromatic rings. The zero-order valence-corrected chi connectivity index (χ0v) is 14.8. The first-order valence-electron chi connectivity index (χ1n) is 8.94. The first kappa shape index (κ1) is 17.2. The number of ether oxygens (including phenoxy) is 1. The molecule has 0 aliphatic heterocycles. The van der Waals surface area contributed by atoms with Gasteiger partial charge in [0.1, 0.15) is 5.75 Å². The monoisotopic (exact) mass is 331 g/mol. The van der Waals surface area contributed by atoms with E-state index in [2.05, 4.69) is 59.6 Å². The Morgan fingerprint density at radius 3 is 2.16 bits per heavy atom. The van der Waals surface area contributed by atoms with Crippen molar-refractivity contribution in [2.45, 2.75) is 31.6 Å². The molecule has 0 aliphatic carbocycles. The first-order chi connectivity index (χ1) is 12.4. The van der Waals surface area contributed by atoms with Crippen LogP contribution in [-0.2, 0) is 6.42 Å². The van der Waals surface area contributed by atoms with Crippen molar-refractivity contribution in [3.05, 3.63) is 95.8 Å². The van der Waals surface area contributed by atoms with E-state index in [-0.39, 0.29) is 0 Å². The van der Waals surface area contributed by atoms with E-state index in [0.717, 1.165) is 18.6 Å². The lowest BCUT2D eigenvalue weighted by atomic mass is 9.87. The number of benzene rings is 2. The zero-order valence-electron chi connectivity index (χ0n) is 14.8. The minimum atomic E-state index is 0.445. The van der Waals surface area contributed by atoms with E-state index < -0.39 is 0 Å². The Labute approximate surface area is 150 Å². The standard InChI is InChI=1S/C23H25NO/c1-25-22-13-11-19(12-14-22)7-5-6-10-23(20-8-3-2-4-9-20)21-15-17-24-18-16-21/h2-4,8-9,11-18,23H,5-7,10H2,1H3. The minimum absolute atomic E-state index is 0.445. The smallest absolute Gasteiger partial charge is 0.118 e. The van der Waals surface area contributed by atoms with Gasteiger partial charge in [-0.25, -0.2) is 0 Å². The van der Waals surface area contributed by atoms with Crippen LogP contribution in [0.2, 0.25) is 0 Å². The Bertz CT molecular complexity index is 699. The van der Waals surface area contributed by atoms with Crippen molar-refractivity contribution in [3.8, 4) is 5.75 Å². The second-order valence-corrected chi connectivity index (χ2v) is 6.34. The fourth-order valence-corrected chi connectivity index (χ4v) is 3.28. The molecule has 25 heavy (non-hydrogen) atoms. The highest BCUT2D eigenvalue weighted by atomic mass is 16.5. The Morgan fingerprint density at radius 1 is 0.800 bits per heavy atom. The van der Waals surface area contributed by atoms with Gasteiger partial charge in [0.05, 0.1) is 7.11 Å². The molecule has 0 radical (unpaired) electrons. The summed E-state index contributed by atoms with van der Waals surface area (Å²) in [6, 6.07) is 23.5. The van der Waals surface area contributed by atoms with Crippen LogP contribution in [0.15, 0.2) is 79.1 Å². The van der Waals surface area contributed by atoms with Crippen molar-refractivity contribution in [2.75, 3.05) is 7.11 Å². The Balaban J connectivity index is 1.59. The molecule has 2 nitrogen and oxygen atoms in total. The summed E-state index contributed by atoms with van der Waals surface area (Å²) in [5.41, 5.74) is 4.12. The molecule has 0 N–H and O–H groups in total. The number of hydrogen-bond acceptors (Lipinski definition) is 2. The van der Waals surface area contributed by atoms with Gasteiger partial charge in [0.25, 0.3) is 0 Å². The van der Waals surface area contributed by atoms with E-state index in [1.54, 1.807) is 7.11 Å². The summed E-state index contributed by atoms with van der Waals surface area (Å²) in [6.07, 6.45) is 8.45. The van der Waals surface area contributed by atoms with E-state index in [4.69, 9.17) is 4.74 Å².